The lowest BCUT2D eigenvalue weighted by Gasteiger charge is -2.37. The van der Waals surface area contributed by atoms with Gasteiger partial charge in [-0.05, 0) is 39.3 Å². The summed E-state index contributed by atoms with van der Waals surface area (Å²) >= 11 is 6.26. The maximum atomic E-state index is 12.5. The average molecular weight is 337 g/mol. The molecule has 0 saturated carbocycles. The van der Waals surface area contributed by atoms with Gasteiger partial charge in [0.15, 0.2) is 0 Å². The topological polar surface area (TPSA) is 58.6 Å². The van der Waals surface area contributed by atoms with E-state index in [1.807, 2.05) is 19.9 Å². The van der Waals surface area contributed by atoms with Crippen LogP contribution in [0.25, 0.3) is 0 Å². The van der Waals surface area contributed by atoms with Gasteiger partial charge in [-0.3, -0.25) is 4.90 Å². The van der Waals surface area contributed by atoms with E-state index in [4.69, 9.17) is 16.3 Å². The van der Waals surface area contributed by atoms with Crippen molar-refractivity contribution in [3.05, 3.63) is 46.1 Å². The van der Waals surface area contributed by atoms with Gasteiger partial charge in [-0.15, -0.1) is 0 Å². The Hall–Kier alpha value is -2.01. The highest BCUT2D eigenvalue weighted by atomic mass is 35.5. The number of nitrogens with zero attached hydrogens (tertiary/aromatic N) is 1. The summed E-state index contributed by atoms with van der Waals surface area (Å²) in [6.45, 7) is 7.55. The lowest BCUT2D eigenvalue weighted by molar-refractivity contribution is -0.139. The number of rotatable bonds is 4. The van der Waals surface area contributed by atoms with E-state index in [0.717, 1.165) is 0 Å². The number of urea groups is 1. The molecule has 0 spiro atoms. The van der Waals surface area contributed by atoms with E-state index in [1.54, 1.807) is 36.9 Å². The van der Waals surface area contributed by atoms with Gasteiger partial charge >= 0.3 is 12.0 Å². The monoisotopic (exact) mass is 336 g/mol. The van der Waals surface area contributed by atoms with Gasteiger partial charge in [0.2, 0.25) is 0 Å². The third-order valence-corrected chi connectivity index (χ3v) is 4.10. The SMILES string of the molecule is CCOC(=O)C1=C(C)N(C(C)C)C(=O)N[C@H]1c1ccccc1Cl. The van der Waals surface area contributed by atoms with Gasteiger partial charge < -0.3 is 10.1 Å². The largest absolute Gasteiger partial charge is 0.463 e. The molecule has 0 radical (unpaired) electrons. The molecule has 0 aromatic heterocycles. The summed E-state index contributed by atoms with van der Waals surface area (Å²) in [4.78, 5) is 26.5. The fourth-order valence-electron chi connectivity index (χ4n) is 2.79. The second-order valence-electron chi connectivity index (χ2n) is 5.59. The highest BCUT2D eigenvalue weighted by Gasteiger charge is 2.37. The molecular formula is C17H21ClN2O3. The number of halogens is 1. The number of ether oxygens (including phenoxy) is 1. The molecule has 0 aliphatic carbocycles. The number of benzene rings is 1. The first kappa shape index (κ1) is 17.3. The fraction of sp³-hybridized carbons (Fsp3) is 0.412. The summed E-state index contributed by atoms with van der Waals surface area (Å²) in [6, 6.07) is 6.20. The Balaban J connectivity index is 2.59. The molecule has 1 heterocycles. The Bertz CT molecular complexity index is 655. The molecule has 1 aromatic rings. The summed E-state index contributed by atoms with van der Waals surface area (Å²) in [5.74, 6) is -0.444. The zero-order valence-electron chi connectivity index (χ0n) is 13.7. The summed E-state index contributed by atoms with van der Waals surface area (Å²) in [6.07, 6.45) is 0. The third kappa shape index (κ3) is 3.34. The van der Waals surface area contributed by atoms with Crippen molar-refractivity contribution in [2.24, 2.45) is 0 Å². The van der Waals surface area contributed by atoms with Crippen molar-refractivity contribution in [1.82, 2.24) is 10.2 Å². The number of nitrogens with one attached hydrogen (secondary N) is 1. The minimum Gasteiger partial charge on any atom is -0.463 e. The van der Waals surface area contributed by atoms with Crippen LogP contribution in [0.2, 0.25) is 5.02 Å². The summed E-state index contributed by atoms with van der Waals surface area (Å²) in [5, 5.41) is 3.36. The first-order valence-electron chi connectivity index (χ1n) is 7.60. The molecule has 23 heavy (non-hydrogen) atoms. The summed E-state index contributed by atoms with van der Waals surface area (Å²) in [7, 11) is 0. The molecule has 1 aliphatic heterocycles. The molecule has 0 fully saturated rings. The predicted molar refractivity (Wildman–Crippen MR) is 89.0 cm³/mol. The van der Waals surface area contributed by atoms with E-state index in [1.165, 1.54) is 0 Å². The van der Waals surface area contributed by atoms with E-state index in [9.17, 15) is 9.59 Å². The smallest absolute Gasteiger partial charge is 0.338 e. The fourth-order valence-corrected chi connectivity index (χ4v) is 3.04. The van der Waals surface area contributed by atoms with E-state index in [-0.39, 0.29) is 18.7 Å². The van der Waals surface area contributed by atoms with Gasteiger partial charge in [-0.25, -0.2) is 9.59 Å². The highest BCUT2D eigenvalue weighted by Crippen LogP contribution is 2.35. The van der Waals surface area contributed by atoms with Crippen LogP contribution >= 0.6 is 11.6 Å². The van der Waals surface area contributed by atoms with Crippen LogP contribution in [0, 0.1) is 0 Å². The minimum atomic E-state index is -0.620. The van der Waals surface area contributed by atoms with Crippen LogP contribution in [0.5, 0.6) is 0 Å². The van der Waals surface area contributed by atoms with Gasteiger partial charge in [-0.1, -0.05) is 29.8 Å². The Morgan fingerprint density at radius 2 is 2.04 bits per heavy atom. The lowest BCUT2D eigenvalue weighted by Crippen LogP contribution is -2.50. The van der Waals surface area contributed by atoms with Crippen LogP contribution in [0.15, 0.2) is 35.5 Å². The van der Waals surface area contributed by atoms with Gasteiger partial charge in [0.1, 0.15) is 0 Å². The molecule has 1 N–H and O–H groups in total. The summed E-state index contributed by atoms with van der Waals surface area (Å²) in [5.41, 5.74) is 1.67. The molecule has 5 nitrogen and oxygen atoms in total. The predicted octanol–water partition coefficient (Wildman–Crippen LogP) is 3.65. The molecule has 6 heteroatoms. The van der Waals surface area contributed by atoms with E-state index < -0.39 is 12.0 Å². The van der Waals surface area contributed by atoms with Crippen molar-refractivity contribution in [3.8, 4) is 0 Å². The number of esters is 1. The van der Waals surface area contributed by atoms with Crippen LogP contribution < -0.4 is 5.32 Å². The summed E-state index contributed by atoms with van der Waals surface area (Å²) < 4.78 is 5.19. The van der Waals surface area contributed by atoms with Gasteiger partial charge in [-0.2, -0.15) is 0 Å². The molecule has 2 rings (SSSR count). The maximum Gasteiger partial charge on any atom is 0.338 e. The number of hydrogen-bond donors (Lipinski definition) is 1. The molecule has 124 valence electrons. The second-order valence-corrected chi connectivity index (χ2v) is 5.99. The van der Waals surface area contributed by atoms with Gasteiger partial charge in [0, 0.05) is 16.8 Å². The van der Waals surface area contributed by atoms with E-state index in [2.05, 4.69) is 5.32 Å². The third-order valence-electron chi connectivity index (χ3n) is 3.75. The Kier molecular flexibility index (Phi) is 5.31. The Morgan fingerprint density at radius 3 is 2.61 bits per heavy atom. The van der Waals surface area contributed by atoms with Gasteiger partial charge in [0.05, 0.1) is 18.2 Å². The number of allylic oxidation sites excluding steroid dienone is 1. The van der Waals surface area contributed by atoms with Crippen LogP contribution in [0.3, 0.4) is 0 Å². The zero-order chi connectivity index (χ0) is 17.1. The number of carbonyl (C=O) groups excluding carboxylic acids is 2. The van der Waals surface area contributed by atoms with Crippen LogP contribution in [-0.4, -0.2) is 29.5 Å². The van der Waals surface area contributed by atoms with Gasteiger partial charge in [0.25, 0.3) is 0 Å². The van der Waals surface area contributed by atoms with Crippen molar-refractivity contribution in [3.63, 3.8) is 0 Å². The van der Waals surface area contributed by atoms with Crippen LogP contribution in [0.1, 0.15) is 39.3 Å². The molecule has 1 aromatic carbocycles. The molecule has 1 atom stereocenters. The van der Waals surface area contributed by atoms with Crippen molar-refractivity contribution in [1.29, 1.82) is 0 Å². The highest BCUT2D eigenvalue weighted by molar-refractivity contribution is 6.31. The van der Waals surface area contributed by atoms with Crippen molar-refractivity contribution in [2.75, 3.05) is 6.61 Å². The number of amides is 2. The first-order chi connectivity index (χ1) is 10.9. The zero-order valence-corrected chi connectivity index (χ0v) is 14.5. The normalized spacial score (nSPS) is 18.3. The van der Waals surface area contributed by atoms with Crippen molar-refractivity contribution < 1.29 is 14.3 Å². The Morgan fingerprint density at radius 1 is 1.39 bits per heavy atom. The average Bonchev–Trinajstić information content (AvgIpc) is 2.46. The van der Waals surface area contributed by atoms with Crippen molar-refractivity contribution in [2.45, 2.75) is 39.8 Å². The molecule has 1 aliphatic rings. The van der Waals surface area contributed by atoms with Crippen molar-refractivity contribution >= 4 is 23.6 Å². The van der Waals surface area contributed by atoms with Crippen LogP contribution in [0.4, 0.5) is 4.79 Å². The molecule has 0 unspecified atom stereocenters. The van der Waals surface area contributed by atoms with E-state index in [0.29, 0.717) is 21.9 Å². The lowest BCUT2D eigenvalue weighted by atomic mass is 9.94. The number of hydrogen-bond acceptors (Lipinski definition) is 3. The van der Waals surface area contributed by atoms with Crippen LogP contribution in [-0.2, 0) is 9.53 Å². The molecule has 2 amide bonds. The van der Waals surface area contributed by atoms with E-state index >= 15 is 0 Å². The maximum absolute atomic E-state index is 12.5. The standard InChI is InChI=1S/C17H21ClN2O3/c1-5-23-16(21)14-11(4)20(10(2)3)17(22)19-15(14)12-8-6-7-9-13(12)18/h6-10,15H,5H2,1-4H3,(H,19,22)/t15-/m0/s1. The molecule has 0 saturated heterocycles. The number of carbonyl (C=O) groups is 2. The molecular weight excluding hydrogens is 316 g/mol. The second kappa shape index (κ2) is 7.04. The quantitative estimate of drug-likeness (QED) is 0.854. The first-order valence-corrected chi connectivity index (χ1v) is 7.98. The Labute approximate surface area is 141 Å². The molecule has 0 bridgehead atoms. The minimum absolute atomic E-state index is 0.0772.